The van der Waals surface area contributed by atoms with Crippen LogP contribution in [0.1, 0.15) is 51.1 Å². The Morgan fingerprint density at radius 1 is 1.38 bits per heavy atom. The molecule has 1 aliphatic rings. The molecular formula is C17H25FN2O. The van der Waals surface area contributed by atoms with Crippen LogP contribution in [0, 0.1) is 11.7 Å². The third-order valence-corrected chi connectivity index (χ3v) is 4.51. The quantitative estimate of drug-likeness (QED) is 0.926. The van der Waals surface area contributed by atoms with Gasteiger partial charge in [-0.1, -0.05) is 18.6 Å². The van der Waals surface area contributed by atoms with Crippen LogP contribution >= 0.6 is 0 Å². The van der Waals surface area contributed by atoms with E-state index in [0.29, 0.717) is 6.54 Å². The van der Waals surface area contributed by atoms with Gasteiger partial charge in [-0.2, -0.15) is 0 Å². The summed E-state index contributed by atoms with van der Waals surface area (Å²) in [6.07, 6.45) is 3.76. The summed E-state index contributed by atoms with van der Waals surface area (Å²) < 4.78 is 13.0. The minimum atomic E-state index is -0.251. The topological polar surface area (TPSA) is 46.3 Å². The third kappa shape index (κ3) is 3.82. The first-order valence-electron chi connectivity index (χ1n) is 7.84. The number of carbonyl (C=O) groups excluding carboxylic acids is 1. The van der Waals surface area contributed by atoms with Gasteiger partial charge >= 0.3 is 0 Å². The number of nitrogens with two attached hydrogens (primary N) is 1. The number of amides is 1. The van der Waals surface area contributed by atoms with Crippen LogP contribution in [0.4, 0.5) is 4.39 Å². The molecule has 2 N–H and O–H groups in total. The fraction of sp³-hybridized carbons (Fsp3) is 0.588. The Bertz CT molecular complexity index is 474. The second kappa shape index (κ2) is 7.03. The van der Waals surface area contributed by atoms with E-state index in [-0.39, 0.29) is 29.7 Å². The van der Waals surface area contributed by atoms with Gasteiger partial charge in [0.25, 0.3) is 0 Å². The highest BCUT2D eigenvalue weighted by molar-refractivity contribution is 5.79. The Balaban J connectivity index is 2.10. The number of halogens is 1. The van der Waals surface area contributed by atoms with Gasteiger partial charge in [-0.05, 0) is 50.8 Å². The number of nitrogens with zero attached hydrogens (tertiary/aromatic N) is 1. The Kier molecular flexibility index (Phi) is 5.34. The molecule has 0 heterocycles. The van der Waals surface area contributed by atoms with Crippen LogP contribution in [0.15, 0.2) is 24.3 Å². The number of hydrogen-bond donors (Lipinski definition) is 1. The highest BCUT2D eigenvalue weighted by Crippen LogP contribution is 2.29. The lowest BCUT2D eigenvalue weighted by molar-refractivity contribution is -0.138. The van der Waals surface area contributed by atoms with Crippen molar-refractivity contribution in [3.05, 3.63) is 35.6 Å². The molecule has 3 nitrogen and oxygen atoms in total. The predicted molar refractivity (Wildman–Crippen MR) is 82.1 cm³/mol. The zero-order chi connectivity index (χ0) is 15.4. The number of benzene rings is 1. The predicted octanol–water partition coefficient (Wildman–Crippen LogP) is 3.25. The average Bonchev–Trinajstić information content (AvgIpc) is 2.48. The van der Waals surface area contributed by atoms with Crippen LogP contribution in [0.25, 0.3) is 0 Å². The van der Waals surface area contributed by atoms with Crippen molar-refractivity contribution >= 4 is 5.91 Å². The van der Waals surface area contributed by atoms with E-state index >= 15 is 0 Å². The molecule has 1 aromatic rings. The van der Waals surface area contributed by atoms with Gasteiger partial charge in [0.15, 0.2) is 0 Å². The first-order valence-corrected chi connectivity index (χ1v) is 7.84. The molecule has 0 aromatic heterocycles. The standard InChI is InChI=1S/C17H25FN2O/c1-3-20(12(2)13-7-9-15(18)10-8-13)17(21)14-5-4-6-16(19)11-14/h7-10,12,14,16H,3-6,11,19H2,1-2H3. The van der Waals surface area contributed by atoms with Crippen LogP contribution in [0.5, 0.6) is 0 Å². The largest absolute Gasteiger partial charge is 0.336 e. The molecule has 1 amide bonds. The molecule has 2 rings (SSSR count). The van der Waals surface area contributed by atoms with Crippen molar-refractivity contribution in [3.63, 3.8) is 0 Å². The van der Waals surface area contributed by atoms with E-state index in [0.717, 1.165) is 31.2 Å². The molecule has 1 saturated carbocycles. The van der Waals surface area contributed by atoms with Gasteiger partial charge in [0.2, 0.25) is 5.91 Å². The molecule has 1 aliphatic carbocycles. The molecule has 3 atom stereocenters. The summed E-state index contributed by atoms with van der Waals surface area (Å²) in [4.78, 5) is 14.6. The summed E-state index contributed by atoms with van der Waals surface area (Å²) >= 11 is 0. The van der Waals surface area contributed by atoms with Crippen LogP contribution < -0.4 is 5.73 Å². The summed E-state index contributed by atoms with van der Waals surface area (Å²) in [5.41, 5.74) is 6.96. The van der Waals surface area contributed by atoms with Gasteiger partial charge in [0.1, 0.15) is 5.82 Å². The van der Waals surface area contributed by atoms with Crippen molar-refractivity contribution in [2.75, 3.05) is 6.54 Å². The summed E-state index contributed by atoms with van der Waals surface area (Å²) in [5.74, 6) is -0.0281. The van der Waals surface area contributed by atoms with E-state index < -0.39 is 0 Å². The Labute approximate surface area is 126 Å². The SMILES string of the molecule is CCN(C(=O)C1CCCC(N)C1)C(C)c1ccc(F)cc1. The smallest absolute Gasteiger partial charge is 0.226 e. The van der Waals surface area contributed by atoms with Gasteiger partial charge in [-0.3, -0.25) is 4.79 Å². The van der Waals surface area contributed by atoms with Crippen molar-refractivity contribution in [1.82, 2.24) is 4.90 Å². The van der Waals surface area contributed by atoms with Crippen molar-refractivity contribution in [3.8, 4) is 0 Å². The summed E-state index contributed by atoms with van der Waals surface area (Å²) in [5, 5.41) is 0. The summed E-state index contributed by atoms with van der Waals surface area (Å²) in [6.45, 7) is 4.64. The molecule has 0 saturated heterocycles. The highest BCUT2D eigenvalue weighted by atomic mass is 19.1. The van der Waals surface area contributed by atoms with E-state index in [1.54, 1.807) is 12.1 Å². The zero-order valence-corrected chi connectivity index (χ0v) is 12.9. The molecule has 3 unspecified atom stereocenters. The number of rotatable bonds is 4. The second-order valence-electron chi connectivity index (χ2n) is 5.98. The van der Waals surface area contributed by atoms with Gasteiger partial charge in [-0.25, -0.2) is 4.39 Å². The molecule has 0 aliphatic heterocycles. The lowest BCUT2D eigenvalue weighted by atomic mass is 9.85. The lowest BCUT2D eigenvalue weighted by Crippen LogP contribution is -2.41. The summed E-state index contributed by atoms with van der Waals surface area (Å²) in [6, 6.07) is 6.50. The van der Waals surface area contributed by atoms with Crippen LogP contribution in [-0.2, 0) is 4.79 Å². The Morgan fingerprint density at radius 3 is 2.62 bits per heavy atom. The molecule has 1 fully saturated rings. The molecular weight excluding hydrogens is 267 g/mol. The van der Waals surface area contributed by atoms with Gasteiger partial charge in [0, 0.05) is 18.5 Å². The van der Waals surface area contributed by atoms with E-state index in [1.807, 2.05) is 18.7 Å². The maximum absolute atomic E-state index is 13.0. The normalized spacial score (nSPS) is 23.6. The monoisotopic (exact) mass is 292 g/mol. The summed E-state index contributed by atoms with van der Waals surface area (Å²) in [7, 11) is 0. The fourth-order valence-corrected chi connectivity index (χ4v) is 3.23. The van der Waals surface area contributed by atoms with Crippen molar-refractivity contribution in [2.45, 2.75) is 51.6 Å². The first kappa shape index (κ1) is 16.0. The van der Waals surface area contributed by atoms with Crippen LogP contribution in [0.2, 0.25) is 0 Å². The maximum Gasteiger partial charge on any atom is 0.226 e. The van der Waals surface area contributed by atoms with Crippen LogP contribution in [-0.4, -0.2) is 23.4 Å². The lowest BCUT2D eigenvalue weighted by Gasteiger charge is -2.34. The molecule has 0 spiro atoms. The molecule has 0 bridgehead atoms. The van der Waals surface area contributed by atoms with Crippen molar-refractivity contribution < 1.29 is 9.18 Å². The third-order valence-electron chi connectivity index (χ3n) is 4.51. The fourth-order valence-electron chi connectivity index (χ4n) is 3.23. The number of carbonyl (C=O) groups is 1. The molecule has 1 aromatic carbocycles. The number of hydrogen-bond acceptors (Lipinski definition) is 2. The van der Waals surface area contributed by atoms with E-state index in [1.165, 1.54) is 12.1 Å². The molecule has 116 valence electrons. The molecule has 21 heavy (non-hydrogen) atoms. The van der Waals surface area contributed by atoms with Crippen molar-refractivity contribution in [1.29, 1.82) is 0 Å². The minimum Gasteiger partial charge on any atom is -0.336 e. The highest BCUT2D eigenvalue weighted by Gasteiger charge is 2.30. The molecule has 0 radical (unpaired) electrons. The van der Waals surface area contributed by atoms with Gasteiger partial charge in [-0.15, -0.1) is 0 Å². The van der Waals surface area contributed by atoms with Gasteiger partial charge in [0.05, 0.1) is 6.04 Å². The van der Waals surface area contributed by atoms with E-state index in [4.69, 9.17) is 5.73 Å². The van der Waals surface area contributed by atoms with Crippen molar-refractivity contribution in [2.24, 2.45) is 11.7 Å². The van der Waals surface area contributed by atoms with Crippen LogP contribution in [0.3, 0.4) is 0 Å². The Hall–Kier alpha value is -1.42. The average molecular weight is 292 g/mol. The van der Waals surface area contributed by atoms with Gasteiger partial charge < -0.3 is 10.6 Å². The van der Waals surface area contributed by atoms with E-state index in [2.05, 4.69) is 0 Å². The molecule has 4 heteroatoms. The minimum absolute atomic E-state index is 0.0385. The van der Waals surface area contributed by atoms with E-state index in [9.17, 15) is 9.18 Å². The maximum atomic E-state index is 13.0. The zero-order valence-electron chi connectivity index (χ0n) is 12.9. The second-order valence-corrected chi connectivity index (χ2v) is 5.98. The first-order chi connectivity index (χ1) is 10.0. The Morgan fingerprint density at radius 2 is 2.05 bits per heavy atom.